The van der Waals surface area contributed by atoms with Crippen LogP contribution in [0, 0.1) is 0 Å². The predicted octanol–water partition coefficient (Wildman–Crippen LogP) is 4.93. The van der Waals surface area contributed by atoms with E-state index in [1.807, 2.05) is 42.5 Å². The molecule has 0 bridgehead atoms. The molecule has 3 aromatic rings. The first kappa shape index (κ1) is 18.4. The third-order valence-electron chi connectivity index (χ3n) is 5.16. The van der Waals surface area contributed by atoms with E-state index < -0.39 is 0 Å². The molecule has 1 heterocycles. The van der Waals surface area contributed by atoms with Gasteiger partial charge in [0.1, 0.15) is 11.5 Å². The normalized spacial score (nSPS) is 15.6. The molecule has 4 nitrogen and oxygen atoms in total. The van der Waals surface area contributed by atoms with Gasteiger partial charge in [-0.1, -0.05) is 30.3 Å². The molecule has 0 saturated heterocycles. The molecule has 144 valence electrons. The summed E-state index contributed by atoms with van der Waals surface area (Å²) in [5.41, 5.74) is 3.86. The van der Waals surface area contributed by atoms with Crippen molar-refractivity contribution in [1.82, 2.24) is 5.32 Å². The zero-order valence-electron chi connectivity index (χ0n) is 16.3. The Kier molecular flexibility index (Phi) is 5.49. The van der Waals surface area contributed by atoms with Gasteiger partial charge in [-0.25, -0.2) is 0 Å². The van der Waals surface area contributed by atoms with Crippen LogP contribution in [0.5, 0.6) is 23.0 Å². The molecule has 4 heteroatoms. The fraction of sp³-hybridized carbons (Fsp3) is 0.250. The van der Waals surface area contributed by atoms with Crippen molar-refractivity contribution >= 4 is 0 Å². The zero-order chi connectivity index (χ0) is 19.3. The third-order valence-corrected chi connectivity index (χ3v) is 5.16. The van der Waals surface area contributed by atoms with E-state index in [1.165, 1.54) is 16.7 Å². The first-order valence-corrected chi connectivity index (χ1v) is 9.57. The van der Waals surface area contributed by atoms with Gasteiger partial charge in [0.2, 0.25) is 0 Å². The second-order valence-corrected chi connectivity index (χ2v) is 6.93. The SMILES string of the molecule is COc1ccc(CC2NCCc3cc(OC)c(Oc4ccccc4)cc32)cc1. The van der Waals surface area contributed by atoms with E-state index in [0.717, 1.165) is 42.4 Å². The number of para-hydroxylation sites is 1. The molecule has 0 radical (unpaired) electrons. The van der Waals surface area contributed by atoms with Gasteiger partial charge >= 0.3 is 0 Å². The lowest BCUT2D eigenvalue weighted by molar-refractivity contribution is 0.375. The van der Waals surface area contributed by atoms with Crippen molar-refractivity contribution in [3.05, 3.63) is 83.4 Å². The molecule has 0 saturated carbocycles. The third kappa shape index (κ3) is 3.97. The summed E-state index contributed by atoms with van der Waals surface area (Å²) in [5, 5.41) is 3.65. The number of hydrogen-bond donors (Lipinski definition) is 1. The Morgan fingerprint density at radius 3 is 2.36 bits per heavy atom. The molecule has 1 unspecified atom stereocenters. The molecule has 0 amide bonds. The molecule has 0 aliphatic carbocycles. The van der Waals surface area contributed by atoms with Crippen molar-refractivity contribution in [2.75, 3.05) is 20.8 Å². The molecule has 1 atom stereocenters. The largest absolute Gasteiger partial charge is 0.497 e. The van der Waals surface area contributed by atoms with Crippen LogP contribution in [0.4, 0.5) is 0 Å². The summed E-state index contributed by atoms with van der Waals surface area (Å²) in [4.78, 5) is 0. The number of hydrogen-bond acceptors (Lipinski definition) is 4. The molecule has 28 heavy (non-hydrogen) atoms. The van der Waals surface area contributed by atoms with E-state index in [9.17, 15) is 0 Å². The van der Waals surface area contributed by atoms with Crippen molar-refractivity contribution in [2.24, 2.45) is 0 Å². The van der Waals surface area contributed by atoms with Gasteiger partial charge in [0, 0.05) is 6.04 Å². The number of rotatable bonds is 6. The standard InChI is InChI=1S/C24H25NO3/c1-26-19-10-8-17(9-11-19)14-22-21-16-24(28-20-6-4-3-5-7-20)23(27-2)15-18(21)12-13-25-22/h3-11,15-16,22,25H,12-14H2,1-2H3. The molecule has 1 aliphatic rings. The quantitative estimate of drug-likeness (QED) is 0.663. The smallest absolute Gasteiger partial charge is 0.169 e. The minimum Gasteiger partial charge on any atom is -0.497 e. The highest BCUT2D eigenvalue weighted by molar-refractivity contribution is 5.51. The van der Waals surface area contributed by atoms with E-state index in [1.54, 1.807) is 14.2 Å². The van der Waals surface area contributed by atoms with E-state index in [4.69, 9.17) is 14.2 Å². The summed E-state index contributed by atoms with van der Waals surface area (Å²) in [6.45, 7) is 0.954. The fourth-order valence-electron chi connectivity index (χ4n) is 3.68. The molecule has 4 rings (SSSR count). The maximum atomic E-state index is 6.13. The molecule has 0 spiro atoms. The van der Waals surface area contributed by atoms with Crippen LogP contribution < -0.4 is 19.5 Å². The van der Waals surface area contributed by atoms with Crippen molar-refractivity contribution < 1.29 is 14.2 Å². The van der Waals surface area contributed by atoms with Gasteiger partial charge in [-0.3, -0.25) is 0 Å². The van der Waals surface area contributed by atoms with Crippen LogP contribution in [0.15, 0.2) is 66.7 Å². The van der Waals surface area contributed by atoms with Gasteiger partial charge in [0.05, 0.1) is 14.2 Å². The fourth-order valence-corrected chi connectivity index (χ4v) is 3.68. The Morgan fingerprint density at radius 1 is 0.857 bits per heavy atom. The van der Waals surface area contributed by atoms with E-state index >= 15 is 0 Å². The second-order valence-electron chi connectivity index (χ2n) is 6.93. The molecular formula is C24H25NO3. The highest BCUT2D eigenvalue weighted by Gasteiger charge is 2.23. The van der Waals surface area contributed by atoms with Crippen LogP contribution in [0.1, 0.15) is 22.7 Å². The summed E-state index contributed by atoms with van der Waals surface area (Å²) in [5.74, 6) is 3.20. The predicted molar refractivity (Wildman–Crippen MR) is 111 cm³/mol. The summed E-state index contributed by atoms with van der Waals surface area (Å²) >= 11 is 0. The van der Waals surface area contributed by atoms with Gasteiger partial charge in [-0.05, 0) is 72.5 Å². The Labute approximate surface area is 166 Å². The van der Waals surface area contributed by atoms with Gasteiger partial charge < -0.3 is 19.5 Å². The summed E-state index contributed by atoms with van der Waals surface area (Å²) in [6, 6.07) is 22.6. The summed E-state index contributed by atoms with van der Waals surface area (Å²) in [7, 11) is 3.38. The first-order valence-electron chi connectivity index (χ1n) is 9.57. The van der Waals surface area contributed by atoms with Gasteiger partial charge in [-0.2, -0.15) is 0 Å². The summed E-state index contributed by atoms with van der Waals surface area (Å²) in [6.07, 6.45) is 1.89. The molecule has 1 aliphatic heterocycles. The highest BCUT2D eigenvalue weighted by atomic mass is 16.5. The van der Waals surface area contributed by atoms with Gasteiger partial charge in [0.15, 0.2) is 11.5 Å². The average Bonchev–Trinajstić information content (AvgIpc) is 2.75. The van der Waals surface area contributed by atoms with Crippen LogP contribution >= 0.6 is 0 Å². The lowest BCUT2D eigenvalue weighted by Gasteiger charge is -2.28. The van der Waals surface area contributed by atoms with Crippen molar-refractivity contribution in [3.8, 4) is 23.0 Å². The minimum absolute atomic E-state index is 0.237. The van der Waals surface area contributed by atoms with Gasteiger partial charge in [0.25, 0.3) is 0 Å². The van der Waals surface area contributed by atoms with Crippen molar-refractivity contribution in [2.45, 2.75) is 18.9 Å². The van der Waals surface area contributed by atoms with Crippen LogP contribution in [0.2, 0.25) is 0 Å². The highest BCUT2D eigenvalue weighted by Crippen LogP contribution is 2.38. The Balaban J connectivity index is 1.63. The van der Waals surface area contributed by atoms with Crippen LogP contribution in [0.3, 0.4) is 0 Å². The number of nitrogens with one attached hydrogen (secondary N) is 1. The monoisotopic (exact) mass is 375 g/mol. The molecule has 0 aromatic heterocycles. The maximum Gasteiger partial charge on any atom is 0.169 e. The van der Waals surface area contributed by atoms with Crippen LogP contribution in [0.25, 0.3) is 0 Å². The maximum absolute atomic E-state index is 6.13. The zero-order valence-corrected chi connectivity index (χ0v) is 16.3. The molecule has 1 N–H and O–H groups in total. The Morgan fingerprint density at radius 2 is 1.64 bits per heavy atom. The minimum atomic E-state index is 0.237. The molecule has 3 aromatic carbocycles. The van der Waals surface area contributed by atoms with Crippen molar-refractivity contribution in [1.29, 1.82) is 0 Å². The topological polar surface area (TPSA) is 39.7 Å². The summed E-state index contributed by atoms with van der Waals surface area (Å²) < 4.78 is 17.0. The number of benzene rings is 3. The first-order chi connectivity index (χ1) is 13.8. The Bertz CT molecular complexity index is 923. The molecular weight excluding hydrogens is 350 g/mol. The van der Waals surface area contributed by atoms with Crippen LogP contribution in [-0.2, 0) is 12.8 Å². The number of fused-ring (bicyclic) bond motifs is 1. The number of methoxy groups -OCH3 is 2. The van der Waals surface area contributed by atoms with Crippen molar-refractivity contribution in [3.63, 3.8) is 0 Å². The van der Waals surface area contributed by atoms with E-state index in [-0.39, 0.29) is 6.04 Å². The van der Waals surface area contributed by atoms with Gasteiger partial charge in [-0.15, -0.1) is 0 Å². The number of ether oxygens (including phenoxy) is 3. The lowest BCUT2D eigenvalue weighted by Crippen LogP contribution is -2.31. The van der Waals surface area contributed by atoms with E-state index in [0.29, 0.717) is 0 Å². The average molecular weight is 375 g/mol. The second kappa shape index (κ2) is 8.36. The van der Waals surface area contributed by atoms with Crippen LogP contribution in [-0.4, -0.2) is 20.8 Å². The van der Waals surface area contributed by atoms with E-state index in [2.05, 4.69) is 29.6 Å². The molecule has 0 fully saturated rings. The lowest BCUT2D eigenvalue weighted by atomic mass is 9.90. The Hall–Kier alpha value is -2.98.